The van der Waals surface area contributed by atoms with Crippen LogP contribution < -0.4 is 10.6 Å². The molecule has 1 aromatic carbocycles. The molecule has 1 saturated heterocycles. The van der Waals surface area contributed by atoms with E-state index in [1.165, 1.54) is 11.1 Å². The number of benzene rings is 1. The Labute approximate surface area is 119 Å². The molecule has 20 heavy (non-hydrogen) atoms. The van der Waals surface area contributed by atoms with Crippen LogP contribution in [0.4, 0.5) is 0 Å². The van der Waals surface area contributed by atoms with Crippen LogP contribution in [-0.2, 0) is 4.79 Å². The van der Waals surface area contributed by atoms with Gasteiger partial charge in [-0.25, -0.2) is 0 Å². The molecular formula is C16H22N2O2. The van der Waals surface area contributed by atoms with Gasteiger partial charge in [-0.2, -0.15) is 0 Å². The average molecular weight is 274 g/mol. The average Bonchev–Trinajstić information content (AvgIpc) is 3.13. The third-order valence-corrected chi connectivity index (χ3v) is 4.56. The highest BCUT2D eigenvalue weighted by atomic mass is 16.3. The number of hydrogen-bond donors (Lipinski definition) is 3. The topological polar surface area (TPSA) is 61.4 Å². The Balaban J connectivity index is 1.52. The zero-order valence-electron chi connectivity index (χ0n) is 11.8. The minimum absolute atomic E-state index is 0.114. The highest BCUT2D eigenvalue weighted by Gasteiger charge is 2.44. The van der Waals surface area contributed by atoms with Crippen molar-refractivity contribution in [2.75, 3.05) is 19.6 Å². The Morgan fingerprint density at radius 1 is 1.40 bits per heavy atom. The van der Waals surface area contributed by atoms with Gasteiger partial charge in [0.25, 0.3) is 0 Å². The van der Waals surface area contributed by atoms with E-state index >= 15 is 0 Å². The quantitative estimate of drug-likeness (QED) is 0.761. The van der Waals surface area contributed by atoms with Gasteiger partial charge in [-0.05, 0) is 30.4 Å². The SMILES string of the molecule is Cc1ccccc1C1CC1C(=O)NCC1CNCC1O. The van der Waals surface area contributed by atoms with Gasteiger partial charge in [0.1, 0.15) is 0 Å². The smallest absolute Gasteiger partial charge is 0.223 e. The molecule has 1 aromatic rings. The van der Waals surface area contributed by atoms with Crippen LogP contribution in [0.2, 0.25) is 0 Å². The molecule has 1 heterocycles. The van der Waals surface area contributed by atoms with Crippen molar-refractivity contribution in [3.05, 3.63) is 35.4 Å². The Bertz CT molecular complexity index is 503. The Morgan fingerprint density at radius 2 is 2.20 bits per heavy atom. The lowest BCUT2D eigenvalue weighted by atomic mass is 10.0. The predicted molar refractivity (Wildman–Crippen MR) is 77.4 cm³/mol. The molecule has 1 aliphatic carbocycles. The number of amides is 1. The first-order valence-corrected chi connectivity index (χ1v) is 7.39. The van der Waals surface area contributed by atoms with Gasteiger partial charge >= 0.3 is 0 Å². The van der Waals surface area contributed by atoms with Crippen molar-refractivity contribution in [3.63, 3.8) is 0 Å². The molecule has 1 aliphatic heterocycles. The number of rotatable bonds is 4. The van der Waals surface area contributed by atoms with Crippen molar-refractivity contribution in [3.8, 4) is 0 Å². The van der Waals surface area contributed by atoms with Crippen LogP contribution in [0.15, 0.2) is 24.3 Å². The molecule has 0 aromatic heterocycles. The van der Waals surface area contributed by atoms with E-state index in [0.717, 1.165) is 13.0 Å². The van der Waals surface area contributed by atoms with Crippen LogP contribution in [0.3, 0.4) is 0 Å². The van der Waals surface area contributed by atoms with E-state index < -0.39 is 0 Å². The third-order valence-electron chi connectivity index (χ3n) is 4.56. The monoisotopic (exact) mass is 274 g/mol. The molecule has 108 valence electrons. The lowest BCUT2D eigenvalue weighted by Crippen LogP contribution is -2.35. The first kappa shape index (κ1) is 13.6. The first-order chi connectivity index (χ1) is 9.66. The van der Waals surface area contributed by atoms with Crippen LogP contribution in [-0.4, -0.2) is 36.8 Å². The van der Waals surface area contributed by atoms with Crippen LogP contribution in [0, 0.1) is 18.8 Å². The highest BCUT2D eigenvalue weighted by molar-refractivity contribution is 5.83. The number of hydrogen-bond acceptors (Lipinski definition) is 3. The maximum atomic E-state index is 12.2. The minimum atomic E-state index is -0.332. The molecule has 4 heteroatoms. The Morgan fingerprint density at radius 3 is 2.90 bits per heavy atom. The van der Waals surface area contributed by atoms with Crippen LogP contribution >= 0.6 is 0 Å². The summed E-state index contributed by atoms with van der Waals surface area (Å²) in [5, 5.41) is 15.8. The zero-order valence-corrected chi connectivity index (χ0v) is 11.8. The van der Waals surface area contributed by atoms with Gasteiger partial charge in [-0.1, -0.05) is 24.3 Å². The molecule has 1 saturated carbocycles. The van der Waals surface area contributed by atoms with E-state index in [-0.39, 0.29) is 23.8 Å². The highest BCUT2D eigenvalue weighted by Crippen LogP contribution is 2.48. The zero-order chi connectivity index (χ0) is 14.1. The molecule has 0 radical (unpaired) electrons. The van der Waals surface area contributed by atoms with Crippen molar-refractivity contribution in [2.24, 2.45) is 11.8 Å². The summed E-state index contributed by atoms with van der Waals surface area (Å²) in [7, 11) is 0. The summed E-state index contributed by atoms with van der Waals surface area (Å²) in [4.78, 5) is 12.2. The summed E-state index contributed by atoms with van der Waals surface area (Å²) >= 11 is 0. The van der Waals surface area contributed by atoms with Gasteiger partial charge in [-0.15, -0.1) is 0 Å². The third kappa shape index (κ3) is 2.72. The summed E-state index contributed by atoms with van der Waals surface area (Å²) in [6.45, 7) is 4.09. The van der Waals surface area contributed by atoms with Gasteiger partial charge in [-0.3, -0.25) is 4.79 Å². The first-order valence-electron chi connectivity index (χ1n) is 7.39. The van der Waals surface area contributed by atoms with Gasteiger partial charge in [0.2, 0.25) is 5.91 Å². The van der Waals surface area contributed by atoms with Crippen molar-refractivity contribution in [2.45, 2.75) is 25.4 Å². The number of carbonyl (C=O) groups is 1. The molecule has 4 unspecified atom stereocenters. The second-order valence-electron chi connectivity index (χ2n) is 6.04. The number of nitrogens with one attached hydrogen (secondary N) is 2. The summed E-state index contributed by atoms with van der Waals surface area (Å²) < 4.78 is 0. The molecule has 2 fully saturated rings. The second-order valence-corrected chi connectivity index (χ2v) is 6.04. The van der Waals surface area contributed by atoms with Crippen LogP contribution in [0.1, 0.15) is 23.5 Å². The summed E-state index contributed by atoms with van der Waals surface area (Å²) in [5.41, 5.74) is 2.57. The van der Waals surface area contributed by atoms with Crippen molar-refractivity contribution >= 4 is 5.91 Å². The van der Waals surface area contributed by atoms with E-state index in [0.29, 0.717) is 19.0 Å². The van der Waals surface area contributed by atoms with Crippen molar-refractivity contribution in [1.82, 2.24) is 10.6 Å². The van der Waals surface area contributed by atoms with Gasteiger partial charge < -0.3 is 15.7 Å². The lowest BCUT2D eigenvalue weighted by molar-refractivity contribution is -0.122. The lowest BCUT2D eigenvalue weighted by Gasteiger charge is -2.14. The maximum Gasteiger partial charge on any atom is 0.223 e. The van der Waals surface area contributed by atoms with E-state index in [9.17, 15) is 9.90 Å². The summed E-state index contributed by atoms with van der Waals surface area (Å²) in [5.74, 6) is 0.775. The van der Waals surface area contributed by atoms with Gasteiger partial charge in [0, 0.05) is 31.5 Å². The molecule has 2 aliphatic rings. The fourth-order valence-corrected chi connectivity index (χ4v) is 3.12. The fraction of sp³-hybridized carbons (Fsp3) is 0.562. The molecule has 3 N–H and O–H groups in total. The van der Waals surface area contributed by atoms with Gasteiger partial charge in [0.05, 0.1) is 6.10 Å². The predicted octanol–water partition coefficient (Wildman–Crippen LogP) is 0.795. The molecule has 4 nitrogen and oxygen atoms in total. The Hall–Kier alpha value is -1.39. The van der Waals surface area contributed by atoms with Crippen LogP contribution in [0.25, 0.3) is 0 Å². The molecule has 3 rings (SSSR count). The van der Waals surface area contributed by atoms with Crippen LogP contribution in [0.5, 0.6) is 0 Å². The van der Waals surface area contributed by atoms with E-state index in [1.54, 1.807) is 0 Å². The van der Waals surface area contributed by atoms with E-state index in [2.05, 4.69) is 29.7 Å². The number of aryl methyl sites for hydroxylation is 1. The normalized spacial score (nSPS) is 32.1. The standard InChI is InChI=1S/C16H22N2O2/c1-10-4-2-3-5-12(10)13-6-14(13)16(20)18-8-11-7-17-9-15(11)19/h2-5,11,13-15,17,19H,6-9H2,1H3,(H,18,20). The van der Waals surface area contributed by atoms with E-state index in [4.69, 9.17) is 0 Å². The summed E-state index contributed by atoms with van der Waals surface area (Å²) in [6, 6.07) is 8.29. The fourth-order valence-electron chi connectivity index (χ4n) is 3.12. The Kier molecular flexibility index (Phi) is 3.76. The molecule has 0 bridgehead atoms. The molecular weight excluding hydrogens is 252 g/mol. The summed E-state index contributed by atoms with van der Waals surface area (Å²) in [6.07, 6.45) is 0.615. The van der Waals surface area contributed by atoms with Gasteiger partial charge in [0.15, 0.2) is 0 Å². The maximum absolute atomic E-state index is 12.2. The van der Waals surface area contributed by atoms with Crippen molar-refractivity contribution < 1.29 is 9.90 Å². The molecule has 1 amide bonds. The number of β-amino-alcohol motifs (C(OH)–C–C–N with tert-alkyl or cyclic N) is 1. The molecule has 4 atom stereocenters. The largest absolute Gasteiger partial charge is 0.391 e. The number of aliphatic hydroxyl groups is 1. The van der Waals surface area contributed by atoms with E-state index in [1.807, 2.05) is 12.1 Å². The van der Waals surface area contributed by atoms with Crippen molar-refractivity contribution in [1.29, 1.82) is 0 Å². The molecule has 0 spiro atoms. The number of aliphatic hydroxyl groups excluding tert-OH is 1. The minimum Gasteiger partial charge on any atom is -0.391 e. The second kappa shape index (κ2) is 5.54. The number of carbonyl (C=O) groups excluding carboxylic acids is 1.